The highest BCUT2D eigenvalue weighted by atomic mass is 127. The number of aromatic hydroxyl groups is 1. The molecule has 4 aromatic rings. The first kappa shape index (κ1) is 28.0. The number of para-hydroxylation sites is 2. The molecule has 4 aromatic carbocycles. The van der Waals surface area contributed by atoms with E-state index in [0.717, 1.165) is 14.3 Å². The molecule has 0 saturated carbocycles. The number of allylic oxidation sites excluding steroid dienone is 1. The molecule has 0 saturated heterocycles. The fourth-order valence-corrected chi connectivity index (χ4v) is 4.83. The van der Waals surface area contributed by atoms with Crippen molar-refractivity contribution in [3.63, 3.8) is 0 Å². The molecule has 2 atom stereocenters. The van der Waals surface area contributed by atoms with Crippen LogP contribution in [-0.4, -0.2) is 17.1 Å². The van der Waals surface area contributed by atoms with Gasteiger partial charge in [-0.3, -0.25) is 10.1 Å². The molecule has 8 heteroatoms. The van der Waals surface area contributed by atoms with Crippen LogP contribution in [0.1, 0.15) is 31.4 Å². The van der Waals surface area contributed by atoms with E-state index in [2.05, 4.69) is 33.2 Å². The van der Waals surface area contributed by atoms with Gasteiger partial charge >= 0.3 is 6.09 Å². The molecule has 39 heavy (non-hydrogen) atoms. The van der Waals surface area contributed by atoms with Crippen LogP contribution in [0.25, 0.3) is 10.8 Å². The number of ether oxygens (including phenoxy) is 1. The average molecular weight is 636 g/mol. The Labute approximate surface area is 241 Å². The monoisotopic (exact) mass is 635 g/mol. The second-order valence-corrected chi connectivity index (χ2v) is 10.5. The number of nitrogens with one attached hydrogen (secondary N) is 2. The Bertz CT molecular complexity index is 1500. The van der Waals surface area contributed by atoms with Gasteiger partial charge in [-0.2, -0.15) is 0 Å². The lowest BCUT2D eigenvalue weighted by molar-refractivity contribution is -0.111. The molecule has 4 rings (SSSR count). The van der Waals surface area contributed by atoms with E-state index in [0.29, 0.717) is 35.5 Å². The summed E-state index contributed by atoms with van der Waals surface area (Å²) in [4.78, 5) is 25.4. The molecule has 7 nitrogen and oxygen atoms in total. The van der Waals surface area contributed by atoms with Crippen molar-refractivity contribution in [1.29, 1.82) is 0 Å². The zero-order valence-electron chi connectivity index (χ0n) is 21.4. The van der Waals surface area contributed by atoms with Gasteiger partial charge in [0.15, 0.2) is 0 Å². The Morgan fingerprint density at radius 1 is 0.974 bits per heavy atom. The molecule has 0 aliphatic rings. The van der Waals surface area contributed by atoms with Crippen LogP contribution in [0.15, 0.2) is 97.1 Å². The van der Waals surface area contributed by atoms with Crippen molar-refractivity contribution in [2.45, 2.75) is 25.9 Å². The standard InChI is InChI=1S/C31H30IN3O4/c1-20(9-2-7-16-29(37)34-27-14-6-5-13-25(27)33)30(24-19-22(32)17-18-28(24)36)39-31(38)35-26-15-8-11-21-10-3-4-12-23(21)26/h3-8,10-20,30,36H,2,9,33H2,1H3,(H,34,37)(H,35,38)/b16-7+/t20-,30-/m1/s1. The van der Waals surface area contributed by atoms with E-state index in [1.807, 2.05) is 55.5 Å². The van der Waals surface area contributed by atoms with Crippen molar-refractivity contribution in [3.05, 3.63) is 106 Å². The molecule has 0 aliphatic heterocycles. The Morgan fingerprint density at radius 2 is 1.69 bits per heavy atom. The maximum absolute atomic E-state index is 13.1. The number of nitrogens with two attached hydrogens (primary N) is 1. The molecule has 0 unspecified atom stereocenters. The van der Waals surface area contributed by atoms with Crippen LogP contribution < -0.4 is 16.4 Å². The number of hydrogen-bond acceptors (Lipinski definition) is 5. The third kappa shape index (κ3) is 7.51. The highest BCUT2D eigenvalue weighted by Crippen LogP contribution is 2.36. The number of carbonyl (C=O) groups is 2. The predicted octanol–water partition coefficient (Wildman–Crippen LogP) is 7.63. The number of rotatable bonds is 9. The molecule has 0 heterocycles. The number of phenols is 1. The zero-order valence-corrected chi connectivity index (χ0v) is 23.6. The van der Waals surface area contributed by atoms with Gasteiger partial charge < -0.3 is 20.9 Å². The second-order valence-electron chi connectivity index (χ2n) is 9.21. The molecule has 200 valence electrons. The van der Waals surface area contributed by atoms with E-state index in [4.69, 9.17) is 10.5 Å². The summed E-state index contributed by atoms with van der Waals surface area (Å²) in [6.45, 7) is 1.95. The highest BCUT2D eigenvalue weighted by molar-refractivity contribution is 14.1. The second kappa shape index (κ2) is 13.1. The van der Waals surface area contributed by atoms with Crippen LogP contribution >= 0.6 is 22.6 Å². The number of fused-ring (bicyclic) bond motifs is 1. The number of nitrogen functional groups attached to an aromatic ring is 1. The minimum atomic E-state index is -0.707. The summed E-state index contributed by atoms with van der Waals surface area (Å²) in [5.41, 5.74) is 8.11. The molecule has 0 bridgehead atoms. The molecule has 0 fully saturated rings. The average Bonchev–Trinajstić information content (AvgIpc) is 2.92. The van der Waals surface area contributed by atoms with E-state index < -0.39 is 12.2 Å². The molecule has 0 aromatic heterocycles. The van der Waals surface area contributed by atoms with Gasteiger partial charge in [-0.05, 0) is 89.2 Å². The van der Waals surface area contributed by atoms with Gasteiger partial charge in [0.25, 0.3) is 0 Å². The number of hydrogen-bond donors (Lipinski definition) is 4. The topological polar surface area (TPSA) is 114 Å². The van der Waals surface area contributed by atoms with Crippen molar-refractivity contribution in [3.8, 4) is 5.75 Å². The van der Waals surface area contributed by atoms with Crippen LogP contribution in [0, 0.1) is 9.49 Å². The lowest BCUT2D eigenvalue weighted by Crippen LogP contribution is -2.22. The van der Waals surface area contributed by atoms with Gasteiger partial charge in [0.05, 0.1) is 17.1 Å². The fraction of sp³-hybridized carbons (Fsp3) is 0.161. The van der Waals surface area contributed by atoms with Crippen LogP contribution in [0.5, 0.6) is 5.75 Å². The van der Waals surface area contributed by atoms with Crippen LogP contribution in [0.2, 0.25) is 0 Å². The van der Waals surface area contributed by atoms with Crippen molar-refractivity contribution >= 4 is 62.4 Å². The number of halogens is 1. The summed E-state index contributed by atoms with van der Waals surface area (Å²) in [7, 11) is 0. The predicted molar refractivity (Wildman–Crippen MR) is 165 cm³/mol. The smallest absolute Gasteiger partial charge is 0.412 e. The Balaban J connectivity index is 1.44. The minimum absolute atomic E-state index is 0.0561. The lowest BCUT2D eigenvalue weighted by Gasteiger charge is -2.25. The fourth-order valence-electron chi connectivity index (χ4n) is 4.31. The summed E-state index contributed by atoms with van der Waals surface area (Å²) in [6.07, 6.45) is 3.08. The van der Waals surface area contributed by atoms with Gasteiger partial charge in [0.2, 0.25) is 5.91 Å². The minimum Gasteiger partial charge on any atom is -0.508 e. The van der Waals surface area contributed by atoms with E-state index in [-0.39, 0.29) is 17.6 Å². The third-order valence-corrected chi connectivity index (χ3v) is 7.02. The quantitative estimate of drug-likeness (QED) is 0.0858. The first-order valence-corrected chi connectivity index (χ1v) is 13.7. The van der Waals surface area contributed by atoms with Crippen LogP contribution in [0.3, 0.4) is 0 Å². The van der Waals surface area contributed by atoms with E-state index >= 15 is 0 Å². The van der Waals surface area contributed by atoms with Crippen molar-refractivity contribution in [1.82, 2.24) is 0 Å². The van der Waals surface area contributed by atoms with E-state index in [1.54, 1.807) is 42.5 Å². The van der Waals surface area contributed by atoms with Gasteiger partial charge in [-0.25, -0.2) is 4.79 Å². The lowest BCUT2D eigenvalue weighted by atomic mass is 9.92. The van der Waals surface area contributed by atoms with Gasteiger partial charge in [0, 0.05) is 14.5 Å². The van der Waals surface area contributed by atoms with E-state index in [9.17, 15) is 14.7 Å². The van der Waals surface area contributed by atoms with Crippen LogP contribution in [0.4, 0.5) is 21.9 Å². The Hall–Kier alpha value is -4.05. The van der Waals surface area contributed by atoms with Gasteiger partial charge in [-0.1, -0.05) is 61.5 Å². The molecule has 5 N–H and O–H groups in total. The first-order valence-electron chi connectivity index (χ1n) is 12.6. The largest absolute Gasteiger partial charge is 0.508 e. The maximum atomic E-state index is 13.1. The normalized spacial score (nSPS) is 12.7. The molecule has 0 radical (unpaired) electrons. The number of phenolic OH excluding ortho intramolecular Hbond substituents is 1. The number of benzene rings is 4. The summed E-state index contributed by atoms with van der Waals surface area (Å²) >= 11 is 2.16. The maximum Gasteiger partial charge on any atom is 0.412 e. The zero-order chi connectivity index (χ0) is 27.8. The summed E-state index contributed by atoms with van der Waals surface area (Å²) in [5.74, 6) is -0.386. The first-order chi connectivity index (χ1) is 18.8. The van der Waals surface area contributed by atoms with Gasteiger partial charge in [0.1, 0.15) is 11.9 Å². The summed E-state index contributed by atoms with van der Waals surface area (Å²) < 4.78 is 6.84. The van der Waals surface area contributed by atoms with Crippen molar-refractivity contribution in [2.75, 3.05) is 16.4 Å². The van der Waals surface area contributed by atoms with Crippen molar-refractivity contribution in [2.24, 2.45) is 5.92 Å². The molecule has 0 spiro atoms. The molecular formula is C31H30IN3O4. The Morgan fingerprint density at radius 3 is 2.51 bits per heavy atom. The molecular weight excluding hydrogens is 605 g/mol. The third-order valence-electron chi connectivity index (χ3n) is 6.35. The van der Waals surface area contributed by atoms with Gasteiger partial charge in [-0.15, -0.1) is 0 Å². The van der Waals surface area contributed by atoms with E-state index in [1.165, 1.54) is 6.08 Å². The number of carbonyl (C=O) groups excluding carboxylic acids is 2. The number of amides is 2. The summed E-state index contributed by atoms with van der Waals surface area (Å²) in [5, 5.41) is 18.1. The Kier molecular flexibility index (Phi) is 9.43. The van der Waals surface area contributed by atoms with Crippen molar-refractivity contribution < 1.29 is 19.4 Å². The summed E-state index contributed by atoms with van der Waals surface area (Å²) in [6, 6.07) is 25.7. The molecule has 0 aliphatic carbocycles. The number of anilines is 3. The van der Waals surface area contributed by atoms with Crippen LogP contribution in [-0.2, 0) is 9.53 Å². The SMILES string of the molecule is C[C@H](CC/C=C/C(=O)Nc1ccccc1N)[C@@H](OC(=O)Nc1cccc2ccccc12)c1cc(I)ccc1O. The molecule has 2 amide bonds. The highest BCUT2D eigenvalue weighted by Gasteiger charge is 2.26.